The first-order chi connectivity index (χ1) is 8.04. The Hall–Kier alpha value is -0.650. The average molecular weight is 242 g/mol. The van der Waals surface area contributed by atoms with E-state index < -0.39 is 0 Å². The molecule has 1 aliphatic rings. The maximum Gasteiger partial charge on any atom is 0.234 e. The molecule has 2 N–H and O–H groups in total. The molecule has 1 saturated heterocycles. The highest BCUT2D eigenvalue weighted by Gasteiger charge is 2.25. The normalized spacial score (nSPS) is 20.7. The Labute approximate surface area is 105 Å². The molecular formula is C12H26N4O. The number of nitrogens with two attached hydrogens (primary N) is 1. The summed E-state index contributed by atoms with van der Waals surface area (Å²) in [6.45, 7) is 8.20. The molecule has 0 aromatic rings. The van der Waals surface area contributed by atoms with E-state index in [1.165, 1.54) is 0 Å². The number of carbonyl (C=O) groups is 1. The van der Waals surface area contributed by atoms with E-state index in [-0.39, 0.29) is 11.9 Å². The van der Waals surface area contributed by atoms with E-state index in [1.54, 1.807) is 0 Å². The Balaban J connectivity index is 2.32. The SMILES string of the molecule is CCC(C(N)=O)N1CCN(CCN(C)C)CC1. The van der Waals surface area contributed by atoms with Gasteiger partial charge in [-0.25, -0.2) is 0 Å². The quantitative estimate of drug-likeness (QED) is 0.678. The molecule has 1 rings (SSSR count). The molecule has 5 nitrogen and oxygen atoms in total. The lowest BCUT2D eigenvalue weighted by atomic mass is 10.1. The molecule has 0 radical (unpaired) electrons. The minimum absolute atomic E-state index is 0.0778. The first kappa shape index (κ1) is 14.4. The number of rotatable bonds is 6. The Morgan fingerprint density at radius 3 is 2.29 bits per heavy atom. The van der Waals surface area contributed by atoms with Crippen molar-refractivity contribution in [1.29, 1.82) is 0 Å². The standard InChI is InChI=1S/C12H26N4O/c1-4-11(12(13)17)16-9-7-15(8-10-16)6-5-14(2)3/h11H,4-10H2,1-3H3,(H2,13,17). The highest BCUT2D eigenvalue weighted by Crippen LogP contribution is 2.08. The molecular weight excluding hydrogens is 216 g/mol. The van der Waals surface area contributed by atoms with E-state index in [1.807, 2.05) is 6.92 Å². The molecule has 5 heteroatoms. The summed E-state index contributed by atoms with van der Waals surface area (Å²) in [6.07, 6.45) is 0.813. The molecule has 17 heavy (non-hydrogen) atoms. The number of nitrogens with zero attached hydrogens (tertiary/aromatic N) is 3. The van der Waals surface area contributed by atoms with E-state index in [0.29, 0.717) is 0 Å². The average Bonchev–Trinajstić information content (AvgIpc) is 2.28. The zero-order valence-corrected chi connectivity index (χ0v) is 11.4. The zero-order chi connectivity index (χ0) is 12.8. The second kappa shape index (κ2) is 6.93. The summed E-state index contributed by atoms with van der Waals surface area (Å²) in [5.74, 6) is -0.186. The third kappa shape index (κ3) is 4.61. The van der Waals surface area contributed by atoms with Crippen LogP contribution in [0.5, 0.6) is 0 Å². The third-order valence-corrected chi connectivity index (χ3v) is 3.43. The van der Waals surface area contributed by atoms with Gasteiger partial charge in [-0.3, -0.25) is 14.6 Å². The second-order valence-corrected chi connectivity index (χ2v) is 5.01. The largest absolute Gasteiger partial charge is 0.368 e. The first-order valence-corrected chi connectivity index (χ1v) is 6.45. The summed E-state index contributed by atoms with van der Waals surface area (Å²) in [4.78, 5) is 18.2. The predicted molar refractivity (Wildman–Crippen MR) is 69.8 cm³/mol. The highest BCUT2D eigenvalue weighted by atomic mass is 16.1. The van der Waals surface area contributed by atoms with Gasteiger partial charge >= 0.3 is 0 Å². The van der Waals surface area contributed by atoms with Crippen LogP contribution in [0.4, 0.5) is 0 Å². The number of piperazine rings is 1. The van der Waals surface area contributed by atoms with Crippen LogP contribution in [-0.2, 0) is 4.79 Å². The second-order valence-electron chi connectivity index (χ2n) is 5.01. The van der Waals surface area contributed by atoms with E-state index in [2.05, 4.69) is 28.8 Å². The Bertz CT molecular complexity index is 237. The monoisotopic (exact) mass is 242 g/mol. The number of amides is 1. The van der Waals surface area contributed by atoms with E-state index in [4.69, 9.17) is 5.73 Å². The summed E-state index contributed by atoms with van der Waals surface area (Å²) in [7, 11) is 4.19. The fourth-order valence-corrected chi connectivity index (χ4v) is 2.28. The van der Waals surface area contributed by atoms with Gasteiger partial charge < -0.3 is 10.6 Å². The molecule has 1 fully saturated rings. The molecule has 0 bridgehead atoms. The van der Waals surface area contributed by atoms with Gasteiger partial charge in [0.05, 0.1) is 6.04 Å². The topological polar surface area (TPSA) is 52.8 Å². The van der Waals surface area contributed by atoms with Crippen molar-refractivity contribution in [3.05, 3.63) is 0 Å². The van der Waals surface area contributed by atoms with Crippen LogP contribution in [-0.4, -0.2) is 80.0 Å². The van der Waals surface area contributed by atoms with Gasteiger partial charge in [0.15, 0.2) is 0 Å². The Morgan fingerprint density at radius 1 is 1.29 bits per heavy atom. The van der Waals surface area contributed by atoms with Crippen LogP contribution in [0.1, 0.15) is 13.3 Å². The maximum absolute atomic E-state index is 11.3. The van der Waals surface area contributed by atoms with Gasteiger partial charge in [0.1, 0.15) is 0 Å². The molecule has 100 valence electrons. The van der Waals surface area contributed by atoms with Gasteiger partial charge in [0.25, 0.3) is 0 Å². The van der Waals surface area contributed by atoms with Crippen molar-refractivity contribution in [1.82, 2.24) is 14.7 Å². The van der Waals surface area contributed by atoms with Crippen molar-refractivity contribution >= 4 is 5.91 Å². The molecule has 1 unspecified atom stereocenters. The van der Waals surface area contributed by atoms with Crippen molar-refractivity contribution in [2.24, 2.45) is 5.73 Å². The first-order valence-electron chi connectivity index (χ1n) is 6.45. The fraction of sp³-hybridized carbons (Fsp3) is 0.917. The summed E-state index contributed by atoms with van der Waals surface area (Å²) in [5, 5.41) is 0. The smallest absolute Gasteiger partial charge is 0.234 e. The van der Waals surface area contributed by atoms with Gasteiger partial charge in [0.2, 0.25) is 5.91 Å². The number of hydrogen-bond donors (Lipinski definition) is 1. The minimum Gasteiger partial charge on any atom is -0.368 e. The fourth-order valence-electron chi connectivity index (χ4n) is 2.28. The van der Waals surface area contributed by atoms with Gasteiger partial charge in [-0.05, 0) is 20.5 Å². The van der Waals surface area contributed by atoms with Crippen LogP contribution in [0.2, 0.25) is 0 Å². The van der Waals surface area contributed by atoms with Crippen molar-refractivity contribution in [2.45, 2.75) is 19.4 Å². The number of likely N-dealkylation sites (N-methyl/N-ethyl adjacent to an activating group) is 1. The van der Waals surface area contributed by atoms with Crippen LogP contribution >= 0.6 is 0 Å². The number of carbonyl (C=O) groups excluding carboxylic acids is 1. The number of primary amides is 1. The molecule has 0 spiro atoms. The lowest BCUT2D eigenvalue weighted by Crippen LogP contribution is -2.54. The zero-order valence-electron chi connectivity index (χ0n) is 11.4. The molecule has 1 heterocycles. The molecule has 0 saturated carbocycles. The van der Waals surface area contributed by atoms with Gasteiger partial charge in [-0.15, -0.1) is 0 Å². The van der Waals surface area contributed by atoms with Crippen molar-refractivity contribution in [3.63, 3.8) is 0 Å². The van der Waals surface area contributed by atoms with Crippen LogP contribution in [0.15, 0.2) is 0 Å². The predicted octanol–water partition coefficient (Wildman–Crippen LogP) is -0.570. The van der Waals surface area contributed by atoms with Gasteiger partial charge in [0, 0.05) is 39.3 Å². The summed E-state index contributed by atoms with van der Waals surface area (Å²) in [6, 6.07) is -0.0778. The molecule has 0 aromatic carbocycles. The Morgan fingerprint density at radius 2 is 1.88 bits per heavy atom. The van der Waals surface area contributed by atoms with E-state index >= 15 is 0 Å². The number of hydrogen-bond acceptors (Lipinski definition) is 4. The van der Waals surface area contributed by atoms with Gasteiger partial charge in [-0.2, -0.15) is 0 Å². The summed E-state index contributed by atoms with van der Waals surface area (Å²) >= 11 is 0. The maximum atomic E-state index is 11.3. The van der Waals surface area contributed by atoms with Gasteiger partial charge in [-0.1, -0.05) is 6.92 Å². The molecule has 1 amide bonds. The lowest BCUT2D eigenvalue weighted by Gasteiger charge is -2.38. The van der Waals surface area contributed by atoms with Crippen molar-refractivity contribution in [3.8, 4) is 0 Å². The molecule has 1 atom stereocenters. The lowest BCUT2D eigenvalue weighted by molar-refractivity contribution is -0.124. The van der Waals surface area contributed by atoms with Crippen LogP contribution in [0.3, 0.4) is 0 Å². The van der Waals surface area contributed by atoms with Crippen molar-refractivity contribution in [2.75, 3.05) is 53.4 Å². The molecule has 0 aliphatic carbocycles. The van der Waals surface area contributed by atoms with E-state index in [0.717, 1.165) is 45.7 Å². The van der Waals surface area contributed by atoms with E-state index in [9.17, 15) is 4.79 Å². The Kier molecular flexibility index (Phi) is 5.88. The van der Waals surface area contributed by atoms with Crippen LogP contribution < -0.4 is 5.73 Å². The highest BCUT2D eigenvalue weighted by molar-refractivity contribution is 5.79. The summed E-state index contributed by atoms with van der Waals surface area (Å²) in [5.41, 5.74) is 5.41. The van der Waals surface area contributed by atoms with Crippen LogP contribution in [0, 0.1) is 0 Å². The summed E-state index contributed by atoms with van der Waals surface area (Å²) < 4.78 is 0. The minimum atomic E-state index is -0.186. The molecule has 0 aromatic heterocycles. The third-order valence-electron chi connectivity index (χ3n) is 3.43. The molecule has 1 aliphatic heterocycles. The van der Waals surface area contributed by atoms with Crippen molar-refractivity contribution < 1.29 is 4.79 Å². The van der Waals surface area contributed by atoms with Crippen LogP contribution in [0.25, 0.3) is 0 Å².